The molecule has 0 saturated heterocycles. The molecule has 0 aliphatic carbocycles. The van der Waals surface area contributed by atoms with Crippen LogP contribution in [0.3, 0.4) is 0 Å². The van der Waals surface area contributed by atoms with E-state index >= 15 is 0 Å². The Balaban J connectivity index is 2.29. The van der Waals surface area contributed by atoms with Crippen LogP contribution in [0.5, 0.6) is 0 Å². The number of halogens is 1. The summed E-state index contributed by atoms with van der Waals surface area (Å²) in [5.41, 5.74) is 0.575. The Labute approximate surface area is 95.8 Å². The van der Waals surface area contributed by atoms with E-state index in [1.807, 2.05) is 6.92 Å². The predicted molar refractivity (Wildman–Crippen MR) is 62.4 cm³/mol. The van der Waals surface area contributed by atoms with Crippen molar-refractivity contribution in [1.29, 1.82) is 0 Å². The fraction of sp³-hybridized carbons (Fsp3) is 0.385. The summed E-state index contributed by atoms with van der Waals surface area (Å²) in [6.45, 7) is 3.39. The van der Waals surface area contributed by atoms with Gasteiger partial charge in [-0.15, -0.1) is 6.42 Å². The van der Waals surface area contributed by atoms with E-state index in [1.54, 1.807) is 18.2 Å². The molecule has 16 heavy (non-hydrogen) atoms. The predicted octanol–water partition coefficient (Wildman–Crippen LogP) is 1.95. The van der Waals surface area contributed by atoms with Crippen LogP contribution in [0, 0.1) is 18.2 Å². The molecule has 1 atom stereocenters. The summed E-state index contributed by atoms with van der Waals surface area (Å²) in [6.07, 6.45) is 5.10. The largest absolute Gasteiger partial charge is 0.372 e. The van der Waals surface area contributed by atoms with Gasteiger partial charge < -0.3 is 10.1 Å². The van der Waals surface area contributed by atoms with Crippen LogP contribution in [0.1, 0.15) is 12.5 Å². The molecule has 0 aliphatic rings. The second-order valence-electron chi connectivity index (χ2n) is 3.55. The molecule has 0 amide bonds. The van der Waals surface area contributed by atoms with Crippen molar-refractivity contribution in [2.24, 2.45) is 0 Å². The van der Waals surface area contributed by atoms with Gasteiger partial charge in [0.1, 0.15) is 5.82 Å². The minimum absolute atomic E-state index is 0.00737. The van der Waals surface area contributed by atoms with Gasteiger partial charge in [-0.25, -0.2) is 4.39 Å². The van der Waals surface area contributed by atoms with E-state index in [0.29, 0.717) is 18.7 Å². The Bertz CT molecular complexity index is 359. The first-order chi connectivity index (χ1) is 7.74. The van der Waals surface area contributed by atoms with E-state index in [4.69, 9.17) is 11.2 Å². The van der Waals surface area contributed by atoms with Crippen LogP contribution in [0.25, 0.3) is 0 Å². The third-order valence-corrected chi connectivity index (χ3v) is 2.14. The van der Waals surface area contributed by atoms with E-state index in [0.717, 1.165) is 0 Å². The van der Waals surface area contributed by atoms with Crippen LogP contribution in [-0.4, -0.2) is 19.2 Å². The SMILES string of the molecule is C#CCNCC(C)OCc1ccccc1F. The summed E-state index contributed by atoms with van der Waals surface area (Å²) in [6, 6.07) is 6.61. The van der Waals surface area contributed by atoms with Gasteiger partial charge in [0.15, 0.2) is 0 Å². The smallest absolute Gasteiger partial charge is 0.128 e. The van der Waals surface area contributed by atoms with Crippen LogP contribution >= 0.6 is 0 Å². The zero-order chi connectivity index (χ0) is 11.8. The van der Waals surface area contributed by atoms with Gasteiger partial charge in [-0.05, 0) is 13.0 Å². The molecule has 0 bridgehead atoms. The topological polar surface area (TPSA) is 21.3 Å². The Kier molecular flexibility index (Phi) is 5.55. The third-order valence-electron chi connectivity index (χ3n) is 2.14. The Morgan fingerprint density at radius 2 is 2.25 bits per heavy atom. The molecule has 0 saturated carbocycles. The van der Waals surface area contributed by atoms with E-state index in [9.17, 15) is 4.39 Å². The van der Waals surface area contributed by atoms with Gasteiger partial charge in [0.2, 0.25) is 0 Å². The van der Waals surface area contributed by atoms with Gasteiger partial charge in [-0.2, -0.15) is 0 Å². The fourth-order valence-corrected chi connectivity index (χ4v) is 1.25. The lowest BCUT2D eigenvalue weighted by Gasteiger charge is -2.13. The third kappa shape index (κ3) is 4.43. The first kappa shape index (κ1) is 12.7. The van der Waals surface area contributed by atoms with Crippen molar-refractivity contribution >= 4 is 0 Å². The van der Waals surface area contributed by atoms with Gasteiger partial charge >= 0.3 is 0 Å². The van der Waals surface area contributed by atoms with Gasteiger partial charge in [-0.3, -0.25) is 0 Å². The van der Waals surface area contributed by atoms with Crippen molar-refractivity contribution in [2.75, 3.05) is 13.1 Å². The average molecular weight is 221 g/mol. The zero-order valence-corrected chi connectivity index (χ0v) is 9.37. The Morgan fingerprint density at radius 3 is 2.94 bits per heavy atom. The molecular weight excluding hydrogens is 205 g/mol. The summed E-state index contributed by atoms with van der Waals surface area (Å²) in [5, 5.41) is 3.03. The second-order valence-corrected chi connectivity index (χ2v) is 3.55. The van der Waals surface area contributed by atoms with Gasteiger partial charge in [0, 0.05) is 12.1 Å². The first-order valence-electron chi connectivity index (χ1n) is 5.23. The highest BCUT2D eigenvalue weighted by atomic mass is 19.1. The highest BCUT2D eigenvalue weighted by Gasteiger charge is 2.04. The number of benzene rings is 1. The van der Waals surface area contributed by atoms with Gasteiger partial charge in [0.05, 0.1) is 19.3 Å². The fourth-order valence-electron chi connectivity index (χ4n) is 1.25. The van der Waals surface area contributed by atoms with Crippen molar-refractivity contribution in [1.82, 2.24) is 5.32 Å². The Hall–Kier alpha value is -1.37. The summed E-state index contributed by atoms with van der Waals surface area (Å²) in [4.78, 5) is 0. The average Bonchev–Trinajstić information content (AvgIpc) is 2.28. The quantitative estimate of drug-likeness (QED) is 0.585. The molecule has 1 unspecified atom stereocenters. The van der Waals surface area contributed by atoms with E-state index in [-0.39, 0.29) is 18.5 Å². The van der Waals surface area contributed by atoms with Crippen molar-refractivity contribution in [3.8, 4) is 12.3 Å². The molecule has 0 aromatic heterocycles. The minimum Gasteiger partial charge on any atom is -0.372 e. The van der Waals surface area contributed by atoms with E-state index < -0.39 is 0 Å². The molecule has 0 heterocycles. The number of ether oxygens (including phenoxy) is 1. The van der Waals surface area contributed by atoms with Crippen LogP contribution in [-0.2, 0) is 11.3 Å². The van der Waals surface area contributed by atoms with Gasteiger partial charge in [0.25, 0.3) is 0 Å². The Morgan fingerprint density at radius 1 is 1.50 bits per heavy atom. The monoisotopic (exact) mass is 221 g/mol. The lowest BCUT2D eigenvalue weighted by molar-refractivity contribution is 0.0523. The summed E-state index contributed by atoms with van der Waals surface area (Å²) >= 11 is 0. The summed E-state index contributed by atoms with van der Waals surface area (Å²) in [7, 11) is 0. The molecule has 0 radical (unpaired) electrons. The molecule has 1 N–H and O–H groups in total. The van der Waals surface area contributed by atoms with E-state index in [1.165, 1.54) is 6.07 Å². The van der Waals surface area contributed by atoms with E-state index in [2.05, 4.69) is 11.2 Å². The van der Waals surface area contributed by atoms with Crippen molar-refractivity contribution < 1.29 is 9.13 Å². The first-order valence-corrected chi connectivity index (χ1v) is 5.23. The van der Waals surface area contributed by atoms with Crippen LogP contribution in [0.4, 0.5) is 4.39 Å². The molecule has 1 aromatic carbocycles. The maximum absolute atomic E-state index is 13.2. The molecule has 0 aliphatic heterocycles. The molecule has 86 valence electrons. The summed E-state index contributed by atoms with van der Waals surface area (Å²) in [5.74, 6) is 2.25. The standard InChI is InChI=1S/C13H16FNO/c1-3-8-15-9-11(2)16-10-12-6-4-5-7-13(12)14/h1,4-7,11,15H,8-10H2,2H3. The minimum atomic E-state index is -0.230. The van der Waals surface area contributed by atoms with Crippen molar-refractivity contribution in [3.63, 3.8) is 0 Å². The van der Waals surface area contributed by atoms with Gasteiger partial charge in [-0.1, -0.05) is 24.1 Å². The molecule has 0 fully saturated rings. The van der Waals surface area contributed by atoms with Crippen molar-refractivity contribution in [3.05, 3.63) is 35.6 Å². The highest BCUT2D eigenvalue weighted by molar-refractivity contribution is 5.16. The maximum atomic E-state index is 13.2. The zero-order valence-electron chi connectivity index (χ0n) is 9.37. The number of hydrogen-bond acceptors (Lipinski definition) is 2. The van der Waals surface area contributed by atoms with Crippen LogP contribution < -0.4 is 5.32 Å². The molecule has 1 aromatic rings. The maximum Gasteiger partial charge on any atom is 0.128 e. The highest BCUT2D eigenvalue weighted by Crippen LogP contribution is 2.08. The molecule has 2 nitrogen and oxygen atoms in total. The lowest BCUT2D eigenvalue weighted by Crippen LogP contribution is -2.27. The molecule has 0 spiro atoms. The number of nitrogens with one attached hydrogen (secondary N) is 1. The summed E-state index contributed by atoms with van der Waals surface area (Å²) < 4.78 is 18.7. The number of hydrogen-bond donors (Lipinski definition) is 1. The molecule has 1 rings (SSSR count). The second kappa shape index (κ2) is 7.00. The number of rotatable bonds is 6. The van der Waals surface area contributed by atoms with Crippen LogP contribution in [0.2, 0.25) is 0 Å². The van der Waals surface area contributed by atoms with Crippen molar-refractivity contribution in [2.45, 2.75) is 19.6 Å². The molecule has 3 heteroatoms. The normalized spacial score (nSPS) is 12.1. The number of terminal acetylenes is 1. The van der Waals surface area contributed by atoms with Crippen LogP contribution in [0.15, 0.2) is 24.3 Å². The lowest BCUT2D eigenvalue weighted by atomic mass is 10.2. The molecular formula is C13H16FNO.